The Morgan fingerprint density at radius 1 is 1.00 bits per heavy atom. The number of aliphatic hydroxyl groups excluding tert-OH is 1. The van der Waals surface area contributed by atoms with Gasteiger partial charge in [0, 0.05) is 21.7 Å². The zero-order valence-electron chi connectivity index (χ0n) is 9.15. The first kappa shape index (κ1) is 11.7. The van der Waals surface area contributed by atoms with Gasteiger partial charge in [0.05, 0.1) is 5.02 Å². The molecule has 4 heteroatoms. The van der Waals surface area contributed by atoms with Gasteiger partial charge in [-0.05, 0) is 17.7 Å². The van der Waals surface area contributed by atoms with Crippen molar-refractivity contribution in [3.8, 4) is 0 Å². The zero-order valence-corrected chi connectivity index (χ0v) is 10.7. The molecule has 90 valence electrons. The van der Waals surface area contributed by atoms with Crippen LogP contribution in [0.15, 0.2) is 36.4 Å². The molecule has 18 heavy (non-hydrogen) atoms. The van der Waals surface area contributed by atoms with E-state index in [1.165, 1.54) is 0 Å². The summed E-state index contributed by atoms with van der Waals surface area (Å²) >= 11 is 12.1. The molecule has 0 aromatic heterocycles. The second-order valence-electron chi connectivity index (χ2n) is 4.14. The minimum absolute atomic E-state index is 0.196. The van der Waals surface area contributed by atoms with Gasteiger partial charge in [-0.2, -0.15) is 0 Å². The number of fused-ring (bicyclic) bond motifs is 2. The molecule has 0 aliphatic heterocycles. The molecule has 0 bridgehead atoms. The van der Waals surface area contributed by atoms with E-state index in [1.54, 1.807) is 36.4 Å². The number of hydrogen-bond acceptors (Lipinski definition) is 2. The monoisotopic (exact) mass is 278 g/mol. The maximum Gasteiger partial charge on any atom is 0.195 e. The molecular weight excluding hydrogens is 271 g/mol. The summed E-state index contributed by atoms with van der Waals surface area (Å²) < 4.78 is 0. The first-order chi connectivity index (χ1) is 8.61. The highest BCUT2D eigenvalue weighted by Gasteiger charge is 2.32. The lowest BCUT2D eigenvalue weighted by Crippen LogP contribution is -2.20. The third-order valence-corrected chi connectivity index (χ3v) is 3.79. The molecule has 2 nitrogen and oxygen atoms in total. The van der Waals surface area contributed by atoms with E-state index in [-0.39, 0.29) is 5.78 Å². The molecule has 0 radical (unpaired) electrons. The third-order valence-electron chi connectivity index (χ3n) is 3.14. The predicted octanol–water partition coefficient (Wildman–Crippen LogP) is 3.62. The average molecular weight is 279 g/mol. The van der Waals surface area contributed by atoms with Crippen LogP contribution >= 0.6 is 23.2 Å². The summed E-state index contributed by atoms with van der Waals surface area (Å²) in [6.07, 6.45) is -0.917. The summed E-state index contributed by atoms with van der Waals surface area (Å²) in [5, 5.41) is 11.0. The molecule has 1 aliphatic carbocycles. The van der Waals surface area contributed by atoms with Crippen LogP contribution in [-0.4, -0.2) is 10.9 Å². The van der Waals surface area contributed by atoms with Crippen molar-refractivity contribution in [1.82, 2.24) is 0 Å². The maximum absolute atomic E-state index is 12.4. The van der Waals surface area contributed by atoms with Gasteiger partial charge in [0.2, 0.25) is 0 Å². The predicted molar refractivity (Wildman–Crippen MR) is 70.4 cm³/mol. The lowest BCUT2D eigenvalue weighted by Gasteiger charge is -2.25. The van der Waals surface area contributed by atoms with E-state index < -0.39 is 6.10 Å². The molecule has 0 fully saturated rings. The molecule has 2 aromatic carbocycles. The number of carbonyl (C=O) groups excluding carboxylic acids is 1. The Morgan fingerprint density at radius 3 is 2.44 bits per heavy atom. The van der Waals surface area contributed by atoms with Gasteiger partial charge in [-0.25, -0.2) is 0 Å². The van der Waals surface area contributed by atoms with E-state index in [0.717, 1.165) is 0 Å². The first-order valence-electron chi connectivity index (χ1n) is 5.41. The van der Waals surface area contributed by atoms with Gasteiger partial charge in [-0.1, -0.05) is 47.5 Å². The lowest BCUT2D eigenvalue weighted by molar-refractivity contribution is 0.101. The number of ketones is 1. The molecule has 0 amide bonds. The minimum atomic E-state index is -0.917. The largest absolute Gasteiger partial charge is 0.384 e. The molecule has 3 rings (SSSR count). The van der Waals surface area contributed by atoms with E-state index in [9.17, 15) is 9.90 Å². The van der Waals surface area contributed by atoms with Gasteiger partial charge in [0.1, 0.15) is 6.10 Å². The molecular formula is C14H8Cl2O2. The van der Waals surface area contributed by atoms with Crippen LogP contribution in [-0.2, 0) is 0 Å². The number of benzene rings is 2. The van der Waals surface area contributed by atoms with Crippen LogP contribution < -0.4 is 0 Å². The van der Waals surface area contributed by atoms with Crippen LogP contribution in [0, 0.1) is 0 Å². The topological polar surface area (TPSA) is 37.3 Å². The standard InChI is InChI=1S/C14H8Cl2O2/c15-9-5-6-10(16)12-11(9)13(17)7-3-1-2-4-8(7)14(12)18/h1-6,13,17H. The summed E-state index contributed by atoms with van der Waals surface area (Å²) in [5.74, 6) is -0.196. The zero-order chi connectivity index (χ0) is 12.9. The molecule has 0 saturated carbocycles. The van der Waals surface area contributed by atoms with Gasteiger partial charge < -0.3 is 5.11 Å². The Hall–Kier alpha value is -1.35. The van der Waals surface area contributed by atoms with Gasteiger partial charge in [-0.3, -0.25) is 4.79 Å². The smallest absolute Gasteiger partial charge is 0.195 e. The fourth-order valence-electron chi connectivity index (χ4n) is 2.30. The minimum Gasteiger partial charge on any atom is -0.384 e. The van der Waals surface area contributed by atoms with Crippen molar-refractivity contribution in [2.75, 3.05) is 0 Å². The third kappa shape index (κ3) is 1.50. The number of aliphatic hydroxyl groups is 1. The van der Waals surface area contributed by atoms with Crippen LogP contribution in [0.3, 0.4) is 0 Å². The Kier molecular flexibility index (Phi) is 2.67. The Labute approximate surface area is 114 Å². The number of hydrogen-bond donors (Lipinski definition) is 1. The average Bonchev–Trinajstić information content (AvgIpc) is 2.38. The number of carbonyl (C=O) groups is 1. The Balaban J connectivity index is 2.37. The SMILES string of the molecule is O=C1c2ccccc2C(O)c2c(Cl)ccc(Cl)c21. The molecule has 0 spiro atoms. The summed E-state index contributed by atoms with van der Waals surface area (Å²) in [6.45, 7) is 0. The van der Waals surface area contributed by atoms with Gasteiger partial charge >= 0.3 is 0 Å². The number of halogens is 2. The Bertz CT molecular complexity index is 665. The van der Waals surface area contributed by atoms with Gasteiger partial charge in [0.25, 0.3) is 0 Å². The van der Waals surface area contributed by atoms with E-state index in [2.05, 4.69) is 0 Å². The van der Waals surface area contributed by atoms with Gasteiger partial charge in [0.15, 0.2) is 5.78 Å². The van der Waals surface area contributed by atoms with Crippen molar-refractivity contribution in [2.24, 2.45) is 0 Å². The summed E-state index contributed by atoms with van der Waals surface area (Å²) in [7, 11) is 0. The lowest BCUT2D eigenvalue weighted by atomic mass is 9.83. The molecule has 0 heterocycles. The molecule has 2 aromatic rings. The summed E-state index contributed by atoms with van der Waals surface area (Å²) in [4.78, 5) is 12.4. The van der Waals surface area contributed by atoms with Crippen LogP contribution in [0.2, 0.25) is 10.0 Å². The van der Waals surface area contributed by atoms with Crippen LogP contribution in [0.25, 0.3) is 0 Å². The molecule has 1 atom stereocenters. The molecule has 0 saturated heterocycles. The highest BCUT2D eigenvalue weighted by Crippen LogP contribution is 2.41. The fraction of sp³-hybridized carbons (Fsp3) is 0.0714. The maximum atomic E-state index is 12.4. The second kappa shape index (κ2) is 4.09. The van der Waals surface area contributed by atoms with E-state index in [1.807, 2.05) is 0 Å². The van der Waals surface area contributed by atoms with Crippen molar-refractivity contribution >= 4 is 29.0 Å². The van der Waals surface area contributed by atoms with Crippen LogP contribution in [0.5, 0.6) is 0 Å². The van der Waals surface area contributed by atoms with Crippen molar-refractivity contribution < 1.29 is 9.90 Å². The summed E-state index contributed by atoms with van der Waals surface area (Å²) in [5.41, 5.74) is 1.74. The Morgan fingerprint density at radius 2 is 1.67 bits per heavy atom. The van der Waals surface area contributed by atoms with E-state index in [0.29, 0.717) is 32.3 Å². The van der Waals surface area contributed by atoms with Crippen LogP contribution in [0.1, 0.15) is 33.2 Å². The van der Waals surface area contributed by atoms with E-state index in [4.69, 9.17) is 23.2 Å². The summed E-state index contributed by atoms with van der Waals surface area (Å²) in [6, 6.07) is 10.1. The van der Waals surface area contributed by atoms with Crippen molar-refractivity contribution in [3.63, 3.8) is 0 Å². The van der Waals surface area contributed by atoms with Gasteiger partial charge in [-0.15, -0.1) is 0 Å². The molecule has 1 unspecified atom stereocenters. The fourth-order valence-corrected chi connectivity index (χ4v) is 2.81. The van der Waals surface area contributed by atoms with Crippen LogP contribution in [0.4, 0.5) is 0 Å². The molecule has 1 N–H and O–H groups in total. The quantitative estimate of drug-likeness (QED) is 0.799. The van der Waals surface area contributed by atoms with E-state index >= 15 is 0 Å². The highest BCUT2D eigenvalue weighted by molar-refractivity contribution is 6.38. The molecule has 1 aliphatic rings. The number of rotatable bonds is 0. The van der Waals surface area contributed by atoms with Crippen molar-refractivity contribution in [3.05, 3.63) is 68.7 Å². The second-order valence-corrected chi connectivity index (χ2v) is 4.95. The first-order valence-corrected chi connectivity index (χ1v) is 6.16. The van der Waals surface area contributed by atoms with Crippen molar-refractivity contribution in [1.29, 1.82) is 0 Å². The normalized spacial score (nSPS) is 17.3. The van der Waals surface area contributed by atoms with Crippen molar-refractivity contribution in [2.45, 2.75) is 6.10 Å². The highest BCUT2D eigenvalue weighted by atomic mass is 35.5.